The lowest BCUT2D eigenvalue weighted by Crippen LogP contribution is -2.04. The van der Waals surface area contributed by atoms with Crippen LogP contribution in [-0.4, -0.2) is 23.5 Å². The molecule has 0 saturated carbocycles. The molecule has 0 unspecified atom stereocenters. The van der Waals surface area contributed by atoms with Gasteiger partial charge in [0.2, 0.25) is 0 Å². The van der Waals surface area contributed by atoms with Crippen molar-refractivity contribution in [1.29, 1.82) is 0 Å². The predicted octanol–water partition coefficient (Wildman–Crippen LogP) is 1.06. The van der Waals surface area contributed by atoms with Crippen LogP contribution in [0.3, 0.4) is 0 Å². The second kappa shape index (κ2) is 5.80. The van der Waals surface area contributed by atoms with Crippen molar-refractivity contribution in [3.05, 3.63) is 0 Å². The van der Waals surface area contributed by atoms with E-state index in [1.54, 1.807) is 0 Å². The van der Waals surface area contributed by atoms with Crippen molar-refractivity contribution in [2.45, 2.75) is 0 Å². The largest absolute Gasteiger partial charge is 0.291 e. The van der Waals surface area contributed by atoms with Gasteiger partial charge in [0.05, 0.1) is 6.21 Å². The van der Waals surface area contributed by atoms with Gasteiger partial charge in [-0.3, -0.25) is 4.79 Å². The van der Waals surface area contributed by atoms with Crippen LogP contribution in [0.15, 0.2) is 15.4 Å². The molecule has 0 N–H and O–H groups in total. The minimum Gasteiger partial charge on any atom is -0.291 e. The predicted molar refractivity (Wildman–Crippen MR) is 43.2 cm³/mol. The Hall–Kier alpha value is -0.330. The zero-order valence-corrected chi connectivity index (χ0v) is 7.07. The van der Waals surface area contributed by atoms with Crippen molar-refractivity contribution < 1.29 is 4.79 Å². The Bertz CT molecular complexity index is 143. The van der Waals surface area contributed by atoms with Crippen LogP contribution in [0.1, 0.15) is 0 Å². The lowest BCUT2D eigenvalue weighted by Gasteiger charge is -1.86. The zero-order valence-electron chi connectivity index (χ0n) is 4.91. The van der Waals surface area contributed by atoms with E-state index >= 15 is 0 Å². The first-order valence-corrected chi connectivity index (χ1v) is 4.36. The average Bonchev–Trinajstić information content (AvgIpc) is 1.94. The lowest BCUT2D eigenvalue weighted by molar-refractivity contribution is -0.111. The van der Waals surface area contributed by atoms with Gasteiger partial charge in [-0.05, 0) is 10.2 Å². The van der Waals surface area contributed by atoms with Crippen LogP contribution in [0.4, 0.5) is 0 Å². The molecule has 0 bridgehead atoms. The van der Waals surface area contributed by atoms with E-state index in [9.17, 15) is 4.79 Å². The van der Waals surface area contributed by atoms with Gasteiger partial charge in [0.25, 0.3) is 0 Å². The Morgan fingerprint density at radius 3 is 2.56 bits per heavy atom. The molecule has 1 aliphatic rings. The molecule has 50 valence electrons. The van der Waals surface area contributed by atoms with Crippen LogP contribution in [0, 0.1) is 0 Å². The highest BCUT2D eigenvalue weighted by atomic mass is 127. The average molecular weight is 239 g/mol. The summed E-state index contributed by atoms with van der Waals surface area (Å²) >= 11 is 2.15. The molecule has 0 aliphatic carbocycles. The highest BCUT2D eigenvalue weighted by Gasteiger charge is 1.96. The van der Waals surface area contributed by atoms with E-state index in [4.69, 9.17) is 0 Å². The lowest BCUT2D eigenvalue weighted by atomic mass is 10.4. The van der Waals surface area contributed by atoms with Crippen molar-refractivity contribution in [2.75, 3.05) is 11.5 Å². The molecule has 0 fully saturated rings. The second-order valence-corrected chi connectivity index (χ2v) is 1.10. The van der Waals surface area contributed by atoms with E-state index in [1.807, 2.05) is 4.93 Å². The summed E-state index contributed by atoms with van der Waals surface area (Å²) in [7, 11) is 0. The molecule has 0 amide bonds. The fourth-order valence-corrected chi connectivity index (χ4v) is 0.269. The third-order valence-corrected chi connectivity index (χ3v) is 0.543. The fraction of sp³-hybridized carbons (Fsp3) is 0.500. The summed E-state index contributed by atoms with van der Waals surface area (Å²) in [4.78, 5) is 12.1. The van der Waals surface area contributed by atoms with Crippen molar-refractivity contribution in [3.63, 3.8) is 0 Å². The molecule has 1 aliphatic heterocycles. The van der Waals surface area contributed by atoms with E-state index in [0.717, 1.165) is 6.21 Å². The van der Waals surface area contributed by atoms with E-state index in [1.165, 1.54) is 0 Å². The van der Waals surface area contributed by atoms with Gasteiger partial charge in [-0.1, -0.05) is 22.6 Å². The molecule has 0 saturated heterocycles. The summed E-state index contributed by atoms with van der Waals surface area (Å²) in [5.41, 5.74) is 0. The van der Waals surface area contributed by atoms with Gasteiger partial charge >= 0.3 is 0 Å². The van der Waals surface area contributed by atoms with Crippen LogP contribution in [-0.2, 0) is 4.79 Å². The Morgan fingerprint density at radius 1 is 1.67 bits per heavy atom. The summed E-state index contributed by atoms with van der Waals surface area (Å²) in [5.74, 6) is -0.0880. The van der Waals surface area contributed by atoms with E-state index in [-0.39, 0.29) is 12.3 Å². The van der Waals surface area contributed by atoms with Crippen LogP contribution in [0.2, 0.25) is 0 Å². The van der Waals surface area contributed by atoms with Gasteiger partial charge in [0.1, 0.15) is 6.54 Å². The SMILES string of the molecule is CI.O=C1C=NN=NC1. The maximum Gasteiger partial charge on any atom is 0.199 e. The van der Waals surface area contributed by atoms with Crippen LogP contribution in [0.25, 0.3) is 0 Å². The van der Waals surface area contributed by atoms with Gasteiger partial charge in [-0.15, -0.1) is 5.10 Å². The molecule has 5 heteroatoms. The minimum atomic E-state index is -0.0880. The number of hydrogen-bond acceptors (Lipinski definition) is 4. The van der Waals surface area contributed by atoms with Gasteiger partial charge in [0.15, 0.2) is 5.78 Å². The number of carbonyl (C=O) groups is 1. The third-order valence-electron chi connectivity index (χ3n) is 0.543. The molecule has 0 aromatic heterocycles. The molecule has 0 aromatic carbocycles. The summed E-state index contributed by atoms with van der Waals surface area (Å²) in [5, 5.41) is 9.78. The monoisotopic (exact) mass is 239 g/mol. The Kier molecular flexibility index (Phi) is 5.59. The van der Waals surface area contributed by atoms with Gasteiger partial charge in [-0.2, -0.15) is 5.11 Å². The number of Topliss-reactive ketones (excluding diaryl/α,β-unsaturated/α-hetero) is 1. The van der Waals surface area contributed by atoms with Crippen molar-refractivity contribution in [2.24, 2.45) is 15.4 Å². The molecular formula is C4H6IN3O. The first-order chi connectivity index (χ1) is 4.39. The number of halogens is 1. The normalized spacial score (nSPS) is 14.7. The molecule has 4 nitrogen and oxygen atoms in total. The number of nitrogens with zero attached hydrogens (tertiary/aromatic N) is 3. The number of hydrogen-bond donors (Lipinski definition) is 0. The molecule has 0 aromatic rings. The minimum absolute atomic E-state index is 0.0880. The third kappa shape index (κ3) is 4.19. The van der Waals surface area contributed by atoms with Gasteiger partial charge in [0, 0.05) is 0 Å². The maximum absolute atomic E-state index is 10.2. The molecule has 0 atom stereocenters. The second-order valence-electron chi connectivity index (χ2n) is 1.10. The van der Waals surface area contributed by atoms with E-state index in [0.29, 0.717) is 0 Å². The standard InChI is InChI=1S/C3H3N3O.CH3I/c7-3-1-4-6-5-2-3;1-2/h1H,2H2;1H3. The van der Waals surface area contributed by atoms with Gasteiger partial charge < -0.3 is 0 Å². The molecule has 1 rings (SSSR count). The Balaban J connectivity index is 0.000000291. The molecular weight excluding hydrogens is 233 g/mol. The highest BCUT2D eigenvalue weighted by molar-refractivity contribution is 14.1. The summed E-state index contributed by atoms with van der Waals surface area (Å²) < 4.78 is 0. The van der Waals surface area contributed by atoms with Crippen molar-refractivity contribution in [1.82, 2.24) is 0 Å². The molecule has 0 spiro atoms. The number of rotatable bonds is 0. The summed E-state index contributed by atoms with van der Waals surface area (Å²) in [6, 6.07) is 0. The summed E-state index contributed by atoms with van der Waals surface area (Å²) in [6.45, 7) is 0.156. The summed E-state index contributed by atoms with van der Waals surface area (Å²) in [6.07, 6.45) is 1.16. The van der Waals surface area contributed by atoms with Crippen LogP contribution >= 0.6 is 22.6 Å². The van der Waals surface area contributed by atoms with Crippen molar-refractivity contribution >= 4 is 34.6 Å². The molecule has 9 heavy (non-hydrogen) atoms. The smallest absolute Gasteiger partial charge is 0.199 e. The highest BCUT2D eigenvalue weighted by Crippen LogP contribution is 1.83. The molecule has 0 radical (unpaired) electrons. The van der Waals surface area contributed by atoms with Gasteiger partial charge in [-0.25, -0.2) is 0 Å². The topological polar surface area (TPSA) is 54.1 Å². The number of carbonyl (C=O) groups excluding carboxylic acids is 1. The van der Waals surface area contributed by atoms with E-state index < -0.39 is 0 Å². The van der Waals surface area contributed by atoms with E-state index in [2.05, 4.69) is 38.0 Å². The first kappa shape index (κ1) is 8.67. The first-order valence-electron chi connectivity index (χ1n) is 2.20. The van der Waals surface area contributed by atoms with Crippen LogP contribution in [0.5, 0.6) is 0 Å². The zero-order chi connectivity index (χ0) is 7.11. The Morgan fingerprint density at radius 2 is 2.33 bits per heavy atom. The maximum atomic E-state index is 10.2. The number of alkyl halides is 1. The van der Waals surface area contributed by atoms with Crippen molar-refractivity contribution in [3.8, 4) is 0 Å². The number of ketones is 1. The molecule has 1 heterocycles. The fourth-order valence-electron chi connectivity index (χ4n) is 0.269. The van der Waals surface area contributed by atoms with Crippen LogP contribution < -0.4 is 0 Å². The Labute approximate surface area is 66.6 Å². The quantitative estimate of drug-likeness (QED) is 0.460.